The molecule has 5 unspecified atom stereocenters. The lowest BCUT2D eigenvalue weighted by Crippen LogP contribution is -2.57. The number of ether oxygens (including phenoxy) is 3. The van der Waals surface area contributed by atoms with E-state index in [0.29, 0.717) is 42.4 Å². The van der Waals surface area contributed by atoms with Gasteiger partial charge in [0.15, 0.2) is 5.13 Å². The number of fused-ring (bicyclic) bond motifs is 2. The van der Waals surface area contributed by atoms with E-state index in [-0.39, 0.29) is 29.8 Å². The fourth-order valence-corrected chi connectivity index (χ4v) is 8.24. The van der Waals surface area contributed by atoms with Gasteiger partial charge in [-0.15, -0.1) is 11.3 Å². The van der Waals surface area contributed by atoms with Crippen molar-refractivity contribution in [3.05, 3.63) is 28.8 Å². The molecule has 2 aliphatic carbocycles. The van der Waals surface area contributed by atoms with E-state index in [1.807, 2.05) is 25.1 Å². The van der Waals surface area contributed by atoms with Crippen LogP contribution in [0.1, 0.15) is 49.6 Å². The van der Waals surface area contributed by atoms with Crippen molar-refractivity contribution in [3.63, 3.8) is 0 Å². The minimum Gasteiger partial charge on any atom is -0.497 e. The predicted octanol–water partition coefficient (Wildman–Crippen LogP) is 3.16. The highest BCUT2D eigenvalue weighted by Crippen LogP contribution is 2.63. The van der Waals surface area contributed by atoms with E-state index in [2.05, 4.69) is 22.5 Å². The van der Waals surface area contributed by atoms with Gasteiger partial charge in [-0.25, -0.2) is 4.98 Å². The van der Waals surface area contributed by atoms with E-state index in [1.54, 1.807) is 25.6 Å². The molecule has 4 N–H and O–H groups in total. The number of morpholine rings is 1. The summed E-state index contributed by atoms with van der Waals surface area (Å²) in [6, 6.07) is 5.57. The quantitative estimate of drug-likeness (QED) is 0.331. The summed E-state index contributed by atoms with van der Waals surface area (Å²) < 4.78 is 16.4. The maximum Gasteiger partial charge on any atom is 0.220 e. The molecule has 5 atom stereocenters. The van der Waals surface area contributed by atoms with Crippen molar-refractivity contribution in [2.75, 3.05) is 65.5 Å². The Bertz CT molecular complexity index is 1220. The number of rotatable bonds is 10. The summed E-state index contributed by atoms with van der Waals surface area (Å²) in [7, 11) is 3.25. The van der Waals surface area contributed by atoms with Crippen LogP contribution >= 0.6 is 11.3 Å². The number of anilines is 2. The van der Waals surface area contributed by atoms with E-state index in [4.69, 9.17) is 19.2 Å². The first-order valence-corrected chi connectivity index (χ1v) is 15.4. The van der Waals surface area contributed by atoms with Gasteiger partial charge in [-0.3, -0.25) is 9.69 Å². The van der Waals surface area contributed by atoms with E-state index in [1.165, 1.54) is 0 Å². The first-order chi connectivity index (χ1) is 19.7. The molecule has 2 heterocycles. The van der Waals surface area contributed by atoms with Crippen LogP contribution in [-0.4, -0.2) is 92.3 Å². The van der Waals surface area contributed by atoms with Crippen LogP contribution in [-0.2, 0) is 16.0 Å². The number of thiazole rings is 1. The molecule has 0 bridgehead atoms. The summed E-state index contributed by atoms with van der Waals surface area (Å²) >= 11 is 1.57. The highest BCUT2D eigenvalue weighted by Gasteiger charge is 2.59. The van der Waals surface area contributed by atoms with Gasteiger partial charge in [0.05, 0.1) is 51.5 Å². The summed E-state index contributed by atoms with van der Waals surface area (Å²) in [5.74, 6) is 1.24. The largest absolute Gasteiger partial charge is 0.497 e. The van der Waals surface area contributed by atoms with Crippen molar-refractivity contribution >= 4 is 28.1 Å². The third-order valence-corrected chi connectivity index (χ3v) is 10.8. The van der Waals surface area contributed by atoms with Gasteiger partial charge in [-0.2, -0.15) is 0 Å². The Balaban J connectivity index is 1.42. The number of hydrogen-bond donors (Lipinski definition) is 4. The smallest absolute Gasteiger partial charge is 0.220 e. The topological polar surface area (TPSA) is 125 Å². The van der Waals surface area contributed by atoms with Crippen molar-refractivity contribution in [2.45, 2.75) is 51.6 Å². The number of benzene rings is 1. The van der Waals surface area contributed by atoms with Gasteiger partial charge < -0.3 is 35.1 Å². The van der Waals surface area contributed by atoms with Gasteiger partial charge in [0.25, 0.3) is 0 Å². The molecule has 226 valence electrons. The molecular weight excluding hydrogens is 544 g/mol. The fraction of sp³-hybridized carbons (Fsp3) is 0.667. The average molecular weight is 589 g/mol. The van der Waals surface area contributed by atoms with E-state index < -0.39 is 11.5 Å². The minimum absolute atomic E-state index is 0.00190. The maximum absolute atomic E-state index is 13.4. The molecule has 41 heavy (non-hydrogen) atoms. The van der Waals surface area contributed by atoms with Crippen LogP contribution in [0.15, 0.2) is 18.2 Å². The summed E-state index contributed by atoms with van der Waals surface area (Å²) in [6.07, 6.45) is 1.77. The Morgan fingerprint density at radius 2 is 2.02 bits per heavy atom. The Kier molecular flexibility index (Phi) is 9.10. The highest BCUT2D eigenvalue weighted by molar-refractivity contribution is 7.15. The molecule has 1 aromatic heterocycles. The first-order valence-electron chi connectivity index (χ1n) is 14.6. The van der Waals surface area contributed by atoms with Crippen LogP contribution < -0.4 is 20.1 Å². The number of aliphatic hydroxyl groups is 2. The predicted molar refractivity (Wildman–Crippen MR) is 158 cm³/mol. The molecule has 0 radical (unpaired) electrons. The molecule has 1 amide bonds. The Morgan fingerprint density at radius 3 is 2.73 bits per heavy atom. The molecule has 11 heteroatoms. The SMILES string of the molecule is COc1ccc(OC)c(Nc2nc3c(s2)CC2C(C)(CO)C(O)CCC2(C)C3CC(=O)NCCN2CCOCC2)c1. The van der Waals surface area contributed by atoms with Crippen LogP contribution in [0, 0.1) is 16.7 Å². The Hall–Kier alpha value is -2.44. The highest BCUT2D eigenvalue weighted by atomic mass is 32.1. The number of nitrogens with zero attached hydrogens (tertiary/aromatic N) is 2. The summed E-state index contributed by atoms with van der Waals surface area (Å²) in [6.45, 7) is 8.73. The number of nitrogens with one attached hydrogen (secondary N) is 2. The first kappa shape index (κ1) is 30.0. The number of aromatic nitrogens is 1. The van der Waals surface area contributed by atoms with Crippen LogP contribution in [0.4, 0.5) is 10.8 Å². The van der Waals surface area contributed by atoms with Crippen LogP contribution in [0.5, 0.6) is 11.5 Å². The van der Waals surface area contributed by atoms with Crippen molar-refractivity contribution < 1.29 is 29.2 Å². The number of carbonyl (C=O) groups excluding carboxylic acids is 1. The number of methoxy groups -OCH3 is 2. The van der Waals surface area contributed by atoms with E-state index in [9.17, 15) is 15.0 Å². The van der Waals surface area contributed by atoms with Crippen molar-refractivity contribution in [3.8, 4) is 11.5 Å². The zero-order valence-electron chi connectivity index (χ0n) is 24.6. The second-order valence-electron chi connectivity index (χ2n) is 12.1. The molecule has 1 aromatic carbocycles. The number of aliphatic hydroxyl groups excluding tert-OH is 2. The summed E-state index contributed by atoms with van der Waals surface area (Å²) in [5.41, 5.74) is 0.723. The Morgan fingerprint density at radius 1 is 1.24 bits per heavy atom. The lowest BCUT2D eigenvalue weighted by atomic mass is 9.47. The standard InChI is InChI=1S/C30H44N4O6S/c1-29-8-7-25(36)30(2,18-35)24(29)17-23-27(20(29)16-26(37)31-9-10-34-11-13-40-14-12-34)33-28(41-23)32-21-15-19(38-3)5-6-22(21)39-4/h5-6,15,20,24-25,35-36H,7-14,16-18H2,1-4H3,(H,31,37)(H,32,33). The average Bonchev–Trinajstić information content (AvgIpc) is 3.38. The summed E-state index contributed by atoms with van der Waals surface area (Å²) in [5, 5.41) is 28.9. The zero-order chi connectivity index (χ0) is 29.2. The Labute approximate surface area is 246 Å². The van der Waals surface area contributed by atoms with Gasteiger partial charge in [-0.05, 0) is 42.7 Å². The molecule has 2 aromatic rings. The van der Waals surface area contributed by atoms with Gasteiger partial charge in [0.1, 0.15) is 11.5 Å². The van der Waals surface area contributed by atoms with Gasteiger partial charge >= 0.3 is 0 Å². The zero-order valence-corrected chi connectivity index (χ0v) is 25.4. The van der Waals surface area contributed by atoms with Crippen molar-refractivity contribution in [1.29, 1.82) is 0 Å². The number of amides is 1. The molecule has 5 rings (SSSR count). The van der Waals surface area contributed by atoms with Crippen LogP contribution in [0.25, 0.3) is 0 Å². The molecule has 3 aliphatic rings. The molecule has 1 saturated carbocycles. The van der Waals surface area contributed by atoms with Gasteiger partial charge in [0.2, 0.25) is 5.91 Å². The van der Waals surface area contributed by atoms with Gasteiger partial charge in [0, 0.05) is 54.9 Å². The lowest BCUT2D eigenvalue weighted by molar-refractivity contribution is -0.144. The maximum atomic E-state index is 13.4. The second-order valence-corrected chi connectivity index (χ2v) is 13.1. The third-order valence-electron chi connectivity index (χ3n) is 9.79. The van der Waals surface area contributed by atoms with Crippen LogP contribution in [0.3, 0.4) is 0 Å². The minimum atomic E-state index is -0.663. The molecule has 0 spiro atoms. The van der Waals surface area contributed by atoms with Crippen LogP contribution in [0.2, 0.25) is 0 Å². The normalized spacial score (nSPS) is 29.8. The number of hydrogen-bond acceptors (Lipinski definition) is 10. The molecule has 1 aliphatic heterocycles. The fourth-order valence-electron chi connectivity index (χ4n) is 7.16. The van der Waals surface area contributed by atoms with Crippen molar-refractivity contribution in [1.82, 2.24) is 15.2 Å². The molecule has 2 fully saturated rings. The van der Waals surface area contributed by atoms with Gasteiger partial charge in [-0.1, -0.05) is 13.8 Å². The second kappa shape index (κ2) is 12.4. The van der Waals surface area contributed by atoms with E-state index in [0.717, 1.165) is 55.5 Å². The van der Waals surface area contributed by atoms with E-state index >= 15 is 0 Å². The molecule has 1 saturated heterocycles. The monoisotopic (exact) mass is 588 g/mol. The number of carbonyl (C=O) groups is 1. The third kappa shape index (κ3) is 5.92. The van der Waals surface area contributed by atoms with Crippen molar-refractivity contribution in [2.24, 2.45) is 16.7 Å². The molecule has 10 nitrogen and oxygen atoms in total. The molecular formula is C30H44N4O6S. The lowest BCUT2D eigenvalue weighted by Gasteiger charge is -2.58. The summed E-state index contributed by atoms with van der Waals surface area (Å²) in [4.78, 5) is 21.9.